The van der Waals surface area contributed by atoms with Crippen LogP contribution in [-0.4, -0.2) is 81.0 Å². The number of aromatic nitrogens is 2. The molecule has 1 saturated heterocycles. The number of likely N-dealkylation sites (tertiary alicyclic amines) is 1. The molecular weight excluding hydrogens is 538 g/mol. The number of carbonyl (C=O) groups excluding carboxylic acids is 3. The summed E-state index contributed by atoms with van der Waals surface area (Å²) in [6.45, 7) is 12.4. The zero-order valence-electron chi connectivity index (χ0n) is 25.5. The number of alkyl carbamates (subject to hydrolysis) is 1. The molecule has 0 bridgehead atoms. The third-order valence-electron chi connectivity index (χ3n) is 7.93. The van der Waals surface area contributed by atoms with E-state index in [9.17, 15) is 14.4 Å². The quantitative estimate of drug-likeness (QED) is 0.483. The molecule has 1 N–H and O–H groups in total. The predicted octanol–water partition coefficient (Wildman–Crippen LogP) is 5.02. The highest BCUT2D eigenvalue weighted by atomic mass is 16.6. The zero-order valence-corrected chi connectivity index (χ0v) is 25.5. The lowest BCUT2D eigenvalue weighted by Gasteiger charge is -2.32. The number of ether oxygens (including phenoxy) is 2. The van der Waals surface area contributed by atoms with Gasteiger partial charge < -0.3 is 29.1 Å². The minimum absolute atomic E-state index is 0.0308. The van der Waals surface area contributed by atoms with Crippen LogP contribution < -0.4 is 5.32 Å². The summed E-state index contributed by atoms with van der Waals surface area (Å²) in [5.41, 5.74) is -0.447. The second-order valence-electron chi connectivity index (χ2n) is 13.8. The molecule has 42 heavy (non-hydrogen) atoms. The predicted molar refractivity (Wildman–Crippen MR) is 154 cm³/mol. The van der Waals surface area contributed by atoms with E-state index in [1.165, 1.54) is 5.56 Å². The molecule has 2 heterocycles. The van der Waals surface area contributed by atoms with Crippen LogP contribution in [0.4, 0.5) is 9.59 Å². The standard InChI is InChI=1S/C31H43N5O6/c1-29(2,3)40-27(38)32-21-12-16-35(17-13-21)25(37)24-33-26(34-42-24)31(14-15-31)19-36(28(39)41-30(4,5)6)23-18-22(23)20-10-8-7-9-11-20/h7-11,21-23H,12-19H2,1-6H3,(H,32,38)/t22-,23+/m0/s1. The topological polar surface area (TPSA) is 127 Å². The van der Waals surface area contributed by atoms with E-state index in [0.717, 1.165) is 19.3 Å². The van der Waals surface area contributed by atoms with Crippen LogP contribution in [0.5, 0.6) is 0 Å². The van der Waals surface area contributed by atoms with Crippen LogP contribution in [0.2, 0.25) is 0 Å². The Kier molecular flexibility index (Phi) is 7.98. The smallest absolute Gasteiger partial charge is 0.410 e. The Bertz CT molecular complexity index is 1280. The highest BCUT2D eigenvalue weighted by Gasteiger charge is 2.55. The first-order valence-electron chi connectivity index (χ1n) is 14.9. The van der Waals surface area contributed by atoms with Gasteiger partial charge in [0, 0.05) is 37.6 Å². The van der Waals surface area contributed by atoms with Gasteiger partial charge >= 0.3 is 24.0 Å². The lowest BCUT2D eigenvalue weighted by Crippen LogP contribution is -2.47. The van der Waals surface area contributed by atoms with Crippen molar-refractivity contribution in [2.24, 2.45) is 0 Å². The molecule has 5 rings (SSSR count). The number of hydrogen-bond donors (Lipinski definition) is 1. The van der Waals surface area contributed by atoms with Gasteiger partial charge in [0.1, 0.15) is 11.2 Å². The SMILES string of the molecule is CC(C)(C)OC(=O)NC1CCN(C(=O)c2nc(C3(CN(C(=O)OC(C)(C)C)[C@@H]4C[C@H]4c4ccccc4)CC3)no2)CC1. The van der Waals surface area contributed by atoms with Crippen LogP contribution in [0.15, 0.2) is 34.9 Å². The van der Waals surface area contributed by atoms with Crippen molar-refractivity contribution in [3.8, 4) is 0 Å². The molecule has 3 amide bonds. The number of carbonyl (C=O) groups is 3. The fourth-order valence-corrected chi connectivity index (χ4v) is 5.51. The van der Waals surface area contributed by atoms with Gasteiger partial charge in [0.25, 0.3) is 0 Å². The van der Waals surface area contributed by atoms with E-state index < -0.39 is 22.7 Å². The van der Waals surface area contributed by atoms with Gasteiger partial charge in [-0.2, -0.15) is 4.98 Å². The highest BCUT2D eigenvalue weighted by Crippen LogP contribution is 2.51. The minimum Gasteiger partial charge on any atom is -0.444 e. The van der Waals surface area contributed by atoms with Gasteiger partial charge in [-0.25, -0.2) is 9.59 Å². The molecule has 0 radical (unpaired) electrons. The Balaban J connectivity index is 1.22. The maximum absolute atomic E-state index is 13.4. The van der Waals surface area contributed by atoms with E-state index in [1.54, 1.807) is 4.90 Å². The molecule has 2 atom stereocenters. The Morgan fingerprint density at radius 2 is 1.67 bits per heavy atom. The van der Waals surface area contributed by atoms with E-state index in [1.807, 2.05) is 64.6 Å². The molecule has 0 spiro atoms. The molecule has 228 valence electrons. The lowest BCUT2D eigenvalue weighted by molar-refractivity contribution is 0.0207. The van der Waals surface area contributed by atoms with Gasteiger partial charge in [0.05, 0.1) is 5.41 Å². The highest BCUT2D eigenvalue weighted by molar-refractivity contribution is 5.89. The number of nitrogens with zero attached hydrogens (tertiary/aromatic N) is 4. The largest absolute Gasteiger partial charge is 0.444 e. The molecule has 2 aliphatic carbocycles. The first-order valence-corrected chi connectivity index (χ1v) is 14.9. The number of benzene rings is 1. The fraction of sp³-hybridized carbons (Fsp3) is 0.645. The number of piperidine rings is 1. The Morgan fingerprint density at radius 1 is 1.02 bits per heavy atom. The van der Waals surface area contributed by atoms with Gasteiger partial charge in [0.15, 0.2) is 5.82 Å². The van der Waals surface area contributed by atoms with Crippen LogP contribution in [0, 0.1) is 0 Å². The monoisotopic (exact) mass is 581 g/mol. The van der Waals surface area contributed by atoms with Crippen molar-refractivity contribution in [2.45, 2.75) is 108 Å². The Labute approximate surface area is 247 Å². The summed E-state index contributed by atoms with van der Waals surface area (Å²) in [6, 6.07) is 10.2. The molecule has 1 aromatic carbocycles. The lowest BCUT2D eigenvalue weighted by atomic mass is 10.0. The molecule has 11 nitrogen and oxygen atoms in total. The van der Waals surface area contributed by atoms with Gasteiger partial charge in [-0.15, -0.1) is 0 Å². The summed E-state index contributed by atoms with van der Waals surface area (Å²) in [6.07, 6.45) is 2.86. The summed E-state index contributed by atoms with van der Waals surface area (Å²) in [5, 5.41) is 7.10. The van der Waals surface area contributed by atoms with Crippen molar-refractivity contribution >= 4 is 18.1 Å². The number of rotatable bonds is 7. The summed E-state index contributed by atoms with van der Waals surface area (Å²) in [4.78, 5) is 46.7. The average molecular weight is 582 g/mol. The number of nitrogens with one attached hydrogen (secondary N) is 1. The van der Waals surface area contributed by atoms with Crippen molar-refractivity contribution in [3.05, 3.63) is 47.6 Å². The molecule has 1 aliphatic heterocycles. The van der Waals surface area contributed by atoms with Crippen LogP contribution in [0.1, 0.15) is 102 Å². The van der Waals surface area contributed by atoms with Crippen molar-refractivity contribution in [1.29, 1.82) is 0 Å². The normalized spacial score (nSPS) is 21.8. The van der Waals surface area contributed by atoms with Crippen LogP contribution in [0.3, 0.4) is 0 Å². The average Bonchev–Trinajstić information content (AvgIpc) is 3.82. The molecular formula is C31H43N5O6. The first-order chi connectivity index (χ1) is 19.7. The number of amides is 3. The van der Waals surface area contributed by atoms with Crippen molar-refractivity contribution < 1.29 is 28.4 Å². The molecule has 2 saturated carbocycles. The zero-order chi connectivity index (χ0) is 30.3. The fourth-order valence-electron chi connectivity index (χ4n) is 5.51. The summed E-state index contributed by atoms with van der Waals surface area (Å²) >= 11 is 0. The van der Waals surface area contributed by atoms with Crippen molar-refractivity contribution in [1.82, 2.24) is 25.3 Å². The summed E-state index contributed by atoms with van der Waals surface area (Å²) < 4.78 is 16.6. The Morgan fingerprint density at radius 3 is 2.26 bits per heavy atom. The van der Waals surface area contributed by atoms with E-state index in [2.05, 4.69) is 27.6 Å². The van der Waals surface area contributed by atoms with E-state index in [0.29, 0.717) is 38.3 Å². The van der Waals surface area contributed by atoms with Gasteiger partial charge in [0.2, 0.25) is 0 Å². The summed E-state index contributed by atoms with van der Waals surface area (Å²) in [5.74, 6) is 0.338. The second-order valence-corrected chi connectivity index (χ2v) is 13.8. The first kappa shape index (κ1) is 29.8. The third kappa shape index (κ3) is 7.22. The molecule has 2 aromatic rings. The molecule has 3 fully saturated rings. The van der Waals surface area contributed by atoms with E-state index in [4.69, 9.17) is 14.0 Å². The molecule has 0 unspecified atom stereocenters. The van der Waals surface area contributed by atoms with E-state index >= 15 is 0 Å². The van der Waals surface area contributed by atoms with Crippen LogP contribution in [0.25, 0.3) is 0 Å². The number of hydrogen-bond acceptors (Lipinski definition) is 8. The van der Waals surface area contributed by atoms with Crippen LogP contribution >= 0.6 is 0 Å². The maximum Gasteiger partial charge on any atom is 0.410 e. The van der Waals surface area contributed by atoms with Crippen molar-refractivity contribution in [3.63, 3.8) is 0 Å². The maximum atomic E-state index is 13.4. The molecule has 3 aliphatic rings. The van der Waals surface area contributed by atoms with Gasteiger partial charge in [-0.3, -0.25) is 4.79 Å². The minimum atomic E-state index is -0.620. The van der Waals surface area contributed by atoms with Crippen LogP contribution in [-0.2, 0) is 14.9 Å². The third-order valence-corrected chi connectivity index (χ3v) is 7.93. The molecule has 1 aromatic heterocycles. The Hall–Kier alpha value is -3.63. The van der Waals surface area contributed by atoms with Gasteiger partial charge in [-0.05, 0) is 79.2 Å². The molecule has 11 heteroatoms. The summed E-state index contributed by atoms with van der Waals surface area (Å²) in [7, 11) is 0. The second kappa shape index (κ2) is 11.2. The van der Waals surface area contributed by atoms with Crippen molar-refractivity contribution in [2.75, 3.05) is 19.6 Å². The van der Waals surface area contributed by atoms with Gasteiger partial charge in [-0.1, -0.05) is 35.5 Å². The van der Waals surface area contributed by atoms with E-state index in [-0.39, 0.29) is 35.9 Å².